The highest BCUT2D eigenvalue weighted by molar-refractivity contribution is 7.91. The van der Waals surface area contributed by atoms with Gasteiger partial charge >= 0.3 is 0 Å². The SMILES string of the molecule is Cc1ccc(NC(=O)C[NH+]2CCN(S(=O)(=O)c3cccs3)CC2)cc1. The monoisotopic (exact) mass is 380 g/mol. The van der Waals surface area contributed by atoms with E-state index in [1.165, 1.54) is 15.6 Å². The third kappa shape index (κ3) is 4.46. The zero-order valence-corrected chi connectivity index (χ0v) is 15.7. The Bertz CT molecular complexity index is 809. The number of aryl methyl sites for hydroxylation is 1. The maximum absolute atomic E-state index is 12.5. The van der Waals surface area contributed by atoms with Gasteiger partial charge in [-0.15, -0.1) is 11.3 Å². The summed E-state index contributed by atoms with van der Waals surface area (Å²) < 4.78 is 26.9. The number of nitrogens with one attached hydrogen (secondary N) is 2. The van der Waals surface area contributed by atoms with Gasteiger partial charge in [0, 0.05) is 5.69 Å². The summed E-state index contributed by atoms with van der Waals surface area (Å²) in [6.45, 7) is 4.48. The summed E-state index contributed by atoms with van der Waals surface area (Å²) >= 11 is 1.24. The molecule has 0 saturated carbocycles. The molecule has 2 heterocycles. The van der Waals surface area contributed by atoms with E-state index in [0.29, 0.717) is 36.9 Å². The van der Waals surface area contributed by atoms with E-state index in [-0.39, 0.29) is 5.91 Å². The molecule has 1 aliphatic rings. The van der Waals surface area contributed by atoms with Crippen LogP contribution in [0.15, 0.2) is 46.0 Å². The first-order valence-electron chi connectivity index (χ1n) is 8.19. The maximum Gasteiger partial charge on any atom is 0.279 e. The van der Waals surface area contributed by atoms with Crippen LogP contribution < -0.4 is 10.2 Å². The van der Waals surface area contributed by atoms with Crippen molar-refractivity contribution in [3.63, 3.8) is 0 Å². The lowest BCUT2D eigenvalue weighted by atomic mass is 10.2. The number of amides is 1. The molecular formula is C17H22N3O3S2+. The number of benzene rings is 1. The van der Waals surface area contributed by atoms with Crippen molar-refractivity contribution in [3.8, 4) is 0 Å². The van der Waals surface area contributed by atoms with Crippen molar-refractivity contribution in [2.24, 2.45) is 0 Å². The molecule has 0 atom stereocenters. The standard InChI is InChI=1S/C17H21N3O3S2/c1-14-4-6-15(7-5-14)18-16(21)13-19-8-10-20(11-9-19)25(22,23)17-3-2-12-24-17/h2-7,12H,8-11,13H2,1H3,(H,18,21)/p+1. The summed E-state index contributed by atoms with van der Waals surface area (Å²) in [6.07, 6.45) is 0. The van der Waals surface area contributed by atoms with Crippen LogP contribution in [0.1, 0.15) is 5.56 Å². The van der Waals surface area contributed by atoms with Crippen LogP contribution in [-0.4, -0.2) is 51.4 Å². The lowest BCUT2D eigenvalue weighted by Gasteiger charge is -2.30. The van der Waals surface area contributed by atoms with Crippen molar-refractivity contribution in [1.82, 2.24) is 4.31 Å². The number of carbonyl (C=O) groups excluding carboxylic acids is 1. The smallest absolute Gasteiger partial charge is 0.279 e. The minimum Gasteiger partial charge on any atom is -0.325 e. The Morgan fingerprint density at radius 1 is 1.20 bits per heavy atom. The van der Waals surface area contributed by atoms with E-state index in [0.717, 1.165) is 16.2 Å². The van der Waals surface area contributed by atoms with Crippen molar-refractivity contribution >= 4 is 33.0 Å². The molecule has 3 rings (SSSR count). The van der Waals surface area contributed by atoms with Crippen LogP contribution in [-0.2, 0) is 14.8 Å². The summed E-state index contributed by atoms with van der Waals surface area (Å²) in [5.74, 6) is -0.0478. The summed E-state index contributed by atoms with van der Waals surface area (Å²) in [6, 6.07) is 11.1. The third-order valence-corrected chi connectivity index (χ3v) is 7.54. The number of nitrogens with zero attached hydrogens (tertiary/aromatic N) is 1. The van der Waals surface area contributed by atoms with E-state index in [2.05, 4.69) is 5.32 Å². The Hall–Kier alpha value is -1.74. The fraction of sp³-hybridized carbons (Fsp3) is 0.353. The zero-order chi connectivity index (χ0) is 17.9. The molecule has 1 aromatic heterocycles. The van der Waals surface area contributed by atoms with E-state index in [1.807, 2.05) is 31.2 Å². The maximum atomic E-state index is 12.5. The highest BCUT2D eigenvalue weighted by atomic mass is 32.2. The molecule has 1 aromatic carbocycles. The Balaban J connectivity index is 1.51. The Labute approximate surface area is 152 Å². The van der Waals surface area contributed by atoms with Crippen molar-refractivity contribution in [1.29, 1.82) is 0 Å². The van der Waals surface area contributed by atoms with Crippen molar-refractivity contribution in [2.75, 3.05) is 38.0 Å². The fourth-order valence-corrected chi connectivity index (χ4v) is 5.41. The molecule has 1 amide bonds. The van der Waals surface area contributed by atoms with Gasteiger partial charge < -0.3 is 10.2 Å². The van der Waals surface area contributed by atoms with Crippen LogP contribution in [0.3, 0.4) is 0 Å². The summed E-state index contributed by atoms with van der Waals surface area (Å²) in [4.78, 5) is 13.3. The van der Waals surface area contributed by atoms with Crippen LogP contribution in [0.4, 0.5) is 5.69 Å². The number of hydrogen-bond acceptors (Lipinski definition) is 4. The Morgan fingerprint density at radius 3 is 2.48 bits per heavy atom. The van der Waals surface area contributed by atoms with Gasteiger partial charge in [0.05, 0.1) is 26.2 Å². The van der Waals surface area contributed by atoms with E-state index < -0.39 is 10.0 Å². The lowest BCUT2D eigenvalue weighted by molar-refractivity contribution is -0.895. The number of rotatable bonds is 5. The van der Waals surface area contributed by atoms with E-state index in [9.17, 15) is 13.2 Å². The molecule has 2 N–H and O–H groups in total. The van der Waals surface area contributed by atoms with E-state index in [1.54, 1.807) is 17.5 Å². The summed E-state index contributed by atoms with van der Waals surface area (Å²) in [5.41, 5.74) is 1.93. The minimum atomic E-state index is -3.39. The van der Waals surface area contributed by atoms with Gasteiger partial charge in [-0.3, -0.25) is 4.79 Å². The molecule has 0 radical (unpaired) electrons. The molecule has 25 heavy (non-hydrogen) atoms. The van der Waals surface area contributed by atoms with Crippen LogP contribution in [0.2, 0.25) is 0 Å². The first kappa shape index (κ1) is 18.1. The van der Waals surface area contributed by atoms with Gasteiger partial charge in [0.1, 0.15) is 4.21 Å². The van der Waals surface area contributed by atoms with Gasteiger partial charge in [-0.25, -0.2) is 8.42 Å². The van der Waals surface area contributed by atoms with Gasteiger partial charge in [-0.1, -0.05) is 23.8 Å². The molecule has 8 heteroatoms. The third-order valence-electron chi connectivity index (χ3n) is 4.26. The van der Waals surface area contributed by atoms with Crippen molar-refractivity contribution in [2.45, 2.75) is 11.1 Å². The topological polar surface area (TPSA) is 70.9 Å². The van der Waals surface area contributed by atoms with Gasteiger partial charge in [0.25, 0.3) is 15.9 Å². The first-order chi connectivity index (χ1) is 11.9. The predicted molar refractivity (Wildman–Crippen MR) is 98.5 cm³/mol. The fourth-order valence-electron chi connectivity index (χ4n) is 2.83. The molecule has 134 valence electrons. The quantitative estimate of drug-likeness (QED) is 0.797. The van der Waals surface area contributed by atoms with Crippen LogP contribution in [0, 0.1) is 6.92 Å². The minimum absolute atomic E-state index is 0.0478. The Morgan fingerprint density at radius 2 is 1.88 bits per heavy atom. The second-order valence-corrected chi connectivity index (χ2v) is 9.29. The molecule has 0 spiro atoms. The lowest BCUT2D eigenvalue weighted by Crippen LogP contribution is -3.15. The van der Waals surface area contributed by atoms with E-state index >= 15 is 0 Å². The number of anilines is 1. The molecule has 1 aliphatic heterocycles. The number of carbonyl (C=O) groups is 1. The summed E-state index contributed by atoms with van der Waals surface area (Å²) in [7, 11) is -3.39. The highest BCUT2D eigenvalue weighted by Crippen LogP contribution is 2.20. The number of thiophene rings is 1. The van der Waals surface area contributed by atoms with Crippen molar-refractivity contribution in [3.05, 3.63) is 47.3 Å². The average molecular weight is 381 g/mol. The van der Waals surface area contributed by atoms with Gasteiger partial charge in [0.2, 0.25) is 0 Å². The molecule has 6 nitrogen and oxygen atoms in total. The Kier molecular flexibility index (Phi) is 5.53. The highest BCUT2D eigenvalue weighted by Gasteiger charge is 2.31. The number of quaternary nitrogens is 1. The van der Waals surface area contributed by atoms with Gasteiger partial charge in [0.15, 0.2) is 6.54 Å². The predicted octanol–water partition coefficient (Wildman–Crippen LogP) is 0.584. The number of piperazine rings is 1. The second kappa shape index (κ2) is 7.65. The van der Waals surface area contributed by atoms with Crippen molar-refractivity contribution < 1.29 is 18.1 Å². The first-order valence-corrected chi connectivity index (χ1v) is 10.5. The van der Waals surface area contributed by atoms with Crippen LogP contribution in [0.5, 0.6) is 0 Å². The second-order valence-electron chi connectivity index (χ2n) is 6.18. The molecule has 0 unspecified atom stereocenters. The van der Waals surface area contributed by atoms with Crippen LogP contribution >= 0.6 is 11.3 Å². The normalized spacial score (nSPS) is 16.7. The summed E-state index contributed by atoms with van der Waals surface area (Å²) in [5, 5.41) is 4.66. The average Bonchev–Trinajstić information content (AvgIpc) is 3.13. The molecule has 0 aliphatic carbocycles. The largest absolute Gasteiger partial charge is 0.325 e. The molecule has 1 fully saturated rings. The van der Waals surface area contributed by atoms with Crippen LogP contribution in [0.25, 0.3) is 0 Å². The zero-order valence-electron chi connectivity index (χ0n) is 14.1. The molecular weight excluding hydrogens is 358 g/mol. The number of hydrogen-bond donors (Lipinski definition) is 2. The van der Waals surface area contributed by atoms with E-state index in [4.69, 9.17) is 0 Å². The molecule has 0 bridgehead atoms. The van der Waals surface area contributed by atoms with Gasteiger partial charge in [-0.05, 0) is 30.5 Å². The molecule has 2 aromatic rings. The van der Waals surface area contributed by atoms with Gasteiger partial charge in [-0.2, -0.15) is 4.31 Å². The number of sulfonamides is 1. The molecule has 1 saturated heterocycles.